The maximum Gasteiger partial charge on any atom is 0.330 e. The van der Waals surface area contributed by atoms with Crippen LogP contribution in [-0.2, 0) is 14.3 Å². The van der Waals surface area contributed by atoms with Crippen LogP contribution in [0, 0.1) is 5.41 Å². The summed E-state index contributed by atoms with van der Waals surface area (Å²) in [5, 5.41) is 0. The number of hydrogen-bond donors (Lipinski definition) is 0. The molecule has 0 heterocycles. The minimum absolute atomic E-state index is 0.0479. The zero-order valence-electron chi connectivity index (χ0n) is 13.3. The molecule has 0 saturated carbocycles. The van der Waals surface area contributed by atoms with E-state index in [4.69, 9.17) is 0 Å². The number of hydrogen-bond acceptors (Lipinski definition) is 3. The number of carbonyl (C=O) groups is 2. The predicted molar refractivity (Wildman–Crippen MR) is 85.0 cm³/mol. The van der Waals surface area contributed by atoms with Gasteiger partial charge >= 0.3 is 5.97 Å². The van der Waals surface area contributed by atoms with Gasteiger partial charge < -0.3 is 9.64 Å². The number of methoxy groups -OCH3 is 1. The van der Waals surface area contributed by atoms with E-state index in [1.165, 1.54) is 13.2 Å². The lowest BCUT2D eigenvalue weighted by atomic mass is 9.91. The first-order valence-corrected chi connectivity index (χ1v) is 6.85. The molecular formula is C17H23NO3. The molecule has 0 spiro atoms. The quantitative estimate of drug-likeness (QED) is 0.631. The molecule has 114 valence electrons. The van der Waals surface area contributed by atoms with Crippen LogP contribution < -0.4 is 4.90 Å². The summed E-state index contributed by atoms with van der Waals surface area (Å²) in [6.45, 7) is 6.11. The zero-order valence-corrected chi connectivity index (χ0v) is 13.3. The van der Waals surface area contributed by atoms with Gasteiger partial charge in [-0.3, -0.25) is 4.79 Å². The normalized spacial score (nSPS) is 11.5. The van der Waals surface area contributed by atoms with E-state index in [-0.39, 0.29) is 11.3 Å². The molecule has 0 saturated heterocycles. The lowest BCUT2D eigenvalue weighted by Gasteiger charge is -2.23. The summed E-state index contributed by atoms with van der Waals surface area (Å²) >= 11 is 0. The molecule has 4 nitrogen and oxygen atoms in total. The van der Waals surface area contributed by atoms with Crippen molar-refractivity contribution in [3.63, 3.8) is 0 Å². The Hall–Kier alpha value is -2.10. The van der Waals surface area contributed by atoms with E-state index in [1.807, 2.05) is 45.0 Å². The molecule has 0 aromatic heterocycles. The molecule has 0 aliphatic carbocycles. The summed E-state index contributed by atoms with van der Waals surface area (Å²) in [6.07, 6.45) is 3.50. The van der Waals surface area contributed by atoms with E-state index in [0.29, 0.717) is 6.42 Å². The highest BCUT2D eigenvalue weighted by atomic mass is 16.5. The second-order valence-corrected chi connectivity index (χ2v) is 6.14. The highest BCUT2D eigenvalue weighted by molar-refractivity contribution is 5.93. The summed E-state index contributed by atoms with van der Waals surface area (Å²) < 4.78 is 4.55. The van der Waals surface area contributed by atoms with Gasteiger partial charge in [-0.25, -0.2) is 4.79 Å². The van der Waals surface area contributed by atoms with Gasteiger partial charge in [0, 0.05) is 25.2 Å². The molecule has 1 amide bonds. The number of benzene rings is 1. The largest absolute Gasteiger partial charge is 0.466 e. The third kappa shape index (κ3) is 5.81. The highest BCUT2D eigenvalue weighted by Crippen LogP contribution is 2.23. The van der Waals surface area contributed by atoms with Crippen molar-refractivity contribution in [1.82, 2.24) is 0 Å². The summed E-state index contributed by atoms with van der Waals surface area (Å²) in [4.78, 5) is 25.0. The van der Waals surface area contributed by atoms with Gasteiger partial charge in [0.25, 0.3) is 0 Å². The van der Waals surface area contributed by atoms with Crippen LogP contribution in [-0.4, -0.2) is 26.0 Å². The molecule has 1 rings (SSSR count). The SMILES string of the molecule is COC(=O)/C=C/c1cccc(N(C)C(=O)CC(C)(C)C)c1. The molecular weight excluding hydrogens is 266 g/mol. The Bertz CT molecular complexity index is 541. The van der Waals surface area contributed by atoms with Gasteiger partial charge in [-0.05, 0) is 29.2 Å². The molecule has 1 aromatic rings. The van der Waals surface area contributed by atoms with Gasteiger partial charge in [0.05, 0.1) is 7.11 Å². The van der Waals surface area contributed by atoms with Crippen LogP contribution in [0.4, 0.5) is 5.69 Å². The Labute approximate surface area is 126 Å². The first kappa shape index (κ1) is 17.0. The predicted octanol–water partition coefficient (Wildman–Crippen LogP) is 3.27. The number of ether oxygens (including phenoxy) is 1. The van der Waals surface area contributed by atoms with E-state index < -0.39 is 5.97 Å². The molecule has 0 N–H and O–H groups in total. The van der Waals surface area contributed by atoms with Crippen molar-refractivity contribution in [1.29, 1.82) is 0 Å². The number of carbonyl (C=O) groups excluding carboxylic acids is 2. The van der Waals surface area contributed by atoms with E-state index in [2.05, 4.69) is 4.74 Å². The van der Waals surface area contributed by atoms with E-state index in [1.54, 1.807) is 18.0 Å². The van der Waals surface area contributed by atoms with Crippen LogP contribution in [0.3, 0.4) is 0 Å². The Morgan fingerprint density at radius 1 is 1.29 bits per heavy atom. The van der Waals surface area contributed by atoms with Crippen LogP contribution in [0.5, 0.6) is 0 Å². The van der Waals surface area contributed by atoms with Crippen molar-refractivity contribution < 1.29 is 14.3 Å². The van der Waals surface area contributed by atoms with Crippen molar-refractivity contribution in [2.75, 3.05) is 19.1 Å². The van der Waals surface area contributed by atoms with Gasteiger partial charge in [0.15, 0.2) is 0 Å². The maximum absolute atomic E-state index is 12.2. The average molecular weight is 289 g/mol. The summed E-state index contributed by atoms with van der Waals surface area (Å²) in [5.74, 6) is -0.339. The number of rotatable bonds is 4. The molecule has 0 aliphatic heterocycles. The van der Waals surface area contributed by atoms with Crippen LogP contribution in [0.1, 0.15) is 32.8 Å². The lowest BCUT2D eigenvalue weighted by molar-refractivity contribution is -0.134. The van der Waals surface area contributed by atoms with Crippen LogP contribution in [0.15, 0.2) is 30.3 Å². The van der Waals surface area contributed by atoms with Gasteiger partial charge in [-0.2, -0.15) is 0 Å². The van der Waals surface area contributed by atoms with Crippen molar-refractivity contribution in [2.24, 2.45) is 5.41 Å². The van der Waals surface area contributed by atoms with Crippen molar-refractivity contribution in [2.45, 2.75) is 27.2 Å². The third-order valence-electron chi connectivity index (χ3n) is 2.93. The number of esters is 1. The Morgan fingerprint density at radius 2 is 1.95 bits per heavy atom. The van der Waals surface area contributed by atoms with Gasteiger partial charge in [-0.1, -0.05) is 32.9 Å². The molecule has 0 unspecified atom stereocenters. The maximum atomic E-state index is 12.2. The second kappa shape index (κ2) is 7.07. The number of nitrogens with zero attached hydrogens (tertiary/aromatic N) is 1. The van der Waals surface area contributed by atoms with Crippen LogP contribution in [0.25, 0.3) is 6.08 Å². The highest BCUT2D eigenvalue weighted by Gasteiger charge is 2.19. The zero-order chi connectivity index (χ0) is 16.0. The molecule has 0 atom stereocenters. The minimum atomic E-state index is -0.405. The Morgan fingerprint density at radius 3 is 2.52 bits per heavy atom. The van der Waals surface area contributed by atoms with Crippen molar-refractivity contribution in [3.05, 3.63) is 35.9 Å². The van der Waals surface area contributed by atoms with Crippen LogP contribution >= 0.6 is 0 Å². The molecule has 1 aromatic carbocycles. The fourth-order valence-electron chi connectivity index (χ4n) is 1.79. The van der Waals surface area contributed by atoms with E-state index in [9.17, 15) is 9.59 Å². The third-order valence-corrected chi connectivity index (χ3v) is 2.93. The standard InChI is InChI=1S/C17H23NO3/c1-17(2,3)12-15(19)18(4)14-8-6-7-13(11-14)9-10-16(20)21-5/h6-11H,12H2,1-5H3/b10-9+. The van der Waals surface area contributed by atoms with Crippen molar-refractivity contribution in [3.8, 4) is 0 Å². The smallest absolute Gasteiger partial charge is 0.330 e. The Balaban J connectivity index is 2.87. The van der Waals surface area contributed by atoms with Gasteiger partial charge in [-0.15, -0.1) is 0 Å². The molecule has 4 heteroatoms. The molecule has 0 radical (unpaired) electrons. The van der Waals surface area contributed by atoms with E-state index >= 15 is 0 Å². The minimum Gasteiger partial charge on any atom is -0.466 e. The van der Waals surface area contributed by atoms with Crippen LogP contribution in [0.2, 0.25) is 0 Å². The topological polar surface area (TPSA) is 46.6 Å². The number of anilines is 1. The molecule has 0 fully saturated rings. The monoisotopic (exact) mass is 289 g/mol. The average Bonchev–Trinajstić information content (AvgIpc) is 2.42. The molecule has 21 heavy (non-hydrogen) atoms. The van der Waals surface area contributed by atoms with E-state index in [0.717, 1.165) is 11.3 Å². The second-order valence-electron chi connectivity index (χ2n) is 6.14. The fourth-order valence-corrected chi connectivity index (χ4v) is 1.79. The first-order chi connectivity index (χ1) is 9.73. The summed E-state index contributed by atoms with van der Waals surface area (Å²) in [7, 11) is 3.10. The molecule has 0 aliphatic rings. The molecule has 0 bridgehead atoms. The Kier molecular flexibility index (Phi) is 5.70. The lowest BCUT2D eigenvalue weighted by Crippen LogP contribution is -2.29. The van der Waals surface area contributed by atoms with Gasteiger partial charge in [0.1, 0.15) is 0 Å². The first-order valence-electron chi connectivity index (χ1n) is 6.85. The summed E-state index contributed by atoms with van der Waals surface area (Å²) in [5.41, 5.74) is 1.60. The van der Waals surface area contributed by atoms with Crippen molar-refractivity contribution >= 4 is 23.6 Å². The number of amides is 1. The fraction of sp³-hybridized carbons (Fsp3) is 0.412. The van der Waals surface area contributed by atoms with Gasteiger partial charge in [0.2, 0.25) is 5.91 Å². The summed E-state index contributed by atoms with van der Waals surface area (Å²) in [6, 6.07) is 7.45.